The quantitative estimate of drug-likeness (QED) is 0.608. The van der Waals surface area contributed by atoms with Crippen molar-refractivity contribution in [3.8, 4) is 0 Å². The first-order valence-electron chi connectivity index (χ1n) is 8.01. The highest BCUT2D eigenvalue weighted by atomic mass is 79.9. The van der Waals surface area contributed by atoms with Crippen molar-refractivity contribution in [1.29, 1.82) is 0 Å². The zero-order valence-electron chi connectivity index (χ0n) is 12.8. The molecule has 124 valence electrons. The number of aliphatic hydroxyl groups is 2. The molecule has 1 saturated heterocycles. The van der Waals surface area contributed by atoms with Gasteiger partial charge < -0.3 is 14.9 Å². The van der Waals surface area contributed by atoms with E-state index < -0.39 is 12.2 Å². The van der Waals surface area contributed by atoms with E-state index in [-0.39, 0.29) is 23.9 Å². The van der Waals surface area contributed by atoms with Gasteiger partial charge in [0.25, 0.3) is 0 Å². The molecule has 5 heteroatoms. The second-order valence-corrected chi connectivity index (χ2v) is 7.31. The van der Waals surface area contributed by atoms with Gasteiger partial charge in [0.05, 0.1) is 18.6 Å². The number of benzene rings is 1. The zero-order valence-corrected chi connectivity index (χ0v) is 14.4. The Labute approximate surface area is 144 Å². The first kappa shape index (κ1) is 16.7. The van der Waals surface area contributed by atoms with Crippen LogP contribution in [0.5, 0.6) is 0 Å². The lowest BCUT2D eigenvalue weighted by atomic mass is 9.91. The van der Waals surface area contributed by atoms with E-state index in [0.29, 0.717) is 19.3 Å². The topological polar surface area (TPSA) is 66.8 Å². The van der Waals surface area contributed by atoms with E-state index in [2.05, 4.69) is 15.9 Å². The number of aliphatic hydroxyl groups excluding tert-OH is 2. The Morgan fingerprint density at radius 1 is 1.35 bits per heavy atom. The number of hydrogen-bond acceptors (Lipinski definition) is 4. The molecule has 5 atom stereocenters. The number of halogens is 1. The van der Waals surface area contributed by atoms with Crippen molar-refractivity contribution in [3.05, 3.63) is 46.5 Å². The number of carbonyl (C=O) groups excluding carboxylic acids is 1. The van der Waals surface area contributed by atoms with Crippen molar-refractivity contribution in [2.45, 2.75) is 44.0 Å². The Morgan fingerprint density at radius 2 is 2.09 bits per heavy atom. The number of ether oxygens (including phenoxy) is 1. The molecule has 1 aromatic rings. The summed E-state index contributed by atoms with van der Waals surface area (Å²) in [5.41, 5.74) is 1.18. The van der Waals surface area contributed by atoms with Gasteiger partial charge in [-0.15, -0.1) is 0 Å². The summed E-state index contributed by atoms with van der Waals surface area (Å²) in [6, 6.07) is 8.05. The molecular formula is C18H21BrO4. The Kier molecular flexibility index (Phi) is 5.19. The summed E-state index contributed by atoms with van der Waals surface area (Å²) in [5, 5.41) is 20.2. The molecule has 2 N–H and O–H groups in total. The molecule has 0 bridgehead atoms. The van der Waals surface area contributed by atoms with E-state index in [1.54, 1.807) is 6.08 Å². The second-order valence-electron chi connectivity index (χ2n) is 6.39. The summed E-state index contributed by atoms with van der Waals surface area (Å²) >= 11 is 3.40. The van der Waals surface area contributed by atoms with Crippen LogP contribution < -0.4 is 0 Å². The highest BCUT2D eigenvalue weighted by molar-refractivity contribution is 9.10. The molecule has 23 heavy (non-hydrogen) atoms. The van der Waals surface area contributed by atoms with Gasteiger partial charge in [0.15, 0.2) is 0 Å². The predicted molar refractivity (Wildman–Crippen MR) is 89.7 cm³/mol. The highest BCUT2D eigenvalue weighted by Crippen LogP contribution is 2.42. The van der Waals surface area contributed by atoms with E-state index in [1.165, 1.54) is 5.56 Å². The molecule has 1 heterocycles. The molecule has 1 saturated carbocycles. The Hall–Kier alpha value is -1.17. The van der Waals surface area contributed by atoms with Crippen molar-refractivity contribution in [2.75, 3.05) is 0 Å². The molecule has 0 amide bonds. The summed E-state index contributed by atoms with van der Waals surface area (Å²) < 4.78 is 6.25. The second kappa shape index (κ2) is 7.16. The maximum Gasteiger partial charge on any atom is 0.306 e. The predicted octanol–water partition coefficient (Wildman–Crippen LogP) is 2.61. The average Bonchev–Trinajstić information content (AvgIpc) is 3.00. The molecule has 3 rings (SSSR count). The average molecular weight is 381 g/mol. The van der Waals surface area contributed by atoms with Crippen LogP contribution in [0, 0.1) is 11.8 Å². The van der Waals surface area contributed by atoms with E-state index in [1.807, 2.05) is 30.3 Å². The Bertz CT molecular complexity index is 583. The molecule has 0 unspecified atom stereocenters. The SMILES string of the molecule is O=C1C[C@@H]2[C@@H](/C=C/[C@H](O)CCc3ccc(Br)cc3)[C@H](O)C[C@@H]2O1. The fourth-order valence-corrected chi connectivity index (χ4v) is 3.77. The fraction of sp³-hybridized carbons (Fsp3) is 0.500. The smallest absolute Gasteiger partial charge is 0.306 e. The minimum Gasteiger partial charge on any atom is -0.462 e. The van der Waals surface area contributed by atoms with Crippen LogP contribution in [-0.2, 0) is 16.0 Å². The van der Waals surface area contributed by atoms with Gasteiger partial charge in [0.2, 0.25) is 0 Å². The molecule has 1 aromatic carbocycles. The summed E-state index contributed by atoms with van der Waals surface area (Å²) in [6.45, 7) is 0. The van der Waals surface area contributed by atoms with Gasteiger partial charge in [0.1, 0.15) is 6.10 Å². The maximum atomic E-state index is 11.3. The molecule has 4 nitrogen and oxygen atoms in total. The minimum absolute atomic E-state index is 0.0485. The molecule has 2 aliphatic rings. The van der Waals surface area contributed by atoms with Crippen LogP contribution in [0.3, 0.4) is 0 Å². The van der Waals surface area contributed by atoms with E-state index in [4.69, 9.17) is 4.74 Å². The van der Waals surface area contributed by atoms with Crippen LogP contribution in [0.25, 0.3) is 0 Å². The highest BCUT2D eigenvalue weighted by Gasteiger charge is 2.48. The summed E-state index contributed by atoms with van der Waals surface area (Å²) in [7, 11) is 0. The van der Waals surface area contributed by atoms with Gasteiger partial charge in [-0.25, -0.2) is 0 Å². The summed E-state index contributed by atoms with van der Waals surface area (Å²) in [6.07, 6.45) is 4.69. The molecule has 0 spiro atoms. The largest absolute Gasteiger partial charge is 0.462 e. The van der Waals surface area contributed by atoms with Crippen molar-refractivity contribution in [1.82, 2.24) is 0 Å². The first-order valence-corrected chi connectivity index (χ1v) is 8.80. The monoisotopic (exact) mass is 380 g/mol. The van der Waals surface area contributed by atoms with Crippen LogP contribution in [0.1, 0.15) is 24.8 Å². The van der Waals surface area contributed by atoms with E-state index >= 15 is 0 Å². The molecular weight excluding hydrogens is 360 g/mol. The number of carbonyl (C=O) groups is 1. The van der Waals surface area contributed by atoms with Gasteiger partial charge in [-0.05, 0) is 30.5 Å². The van der Waals surface area contributed by atoms with Gasteiger partial charge in [-0.1, -0.05) is 40.2 Å². The summed E-state index contributed by atoms with van der Waals surface area (Å²) in [4.78, 5) is 11.3. The third-order valence-corrected chi connectivity index (χ3v) is 5.30. The van der Waals surface area contributed by atoms with Crippen LogP contribution in [-0.4, -0.2) is 34.5 Å². The number of aryl methyl sites for hydroxylation is 1. The first-order chi connectivity index (χ1) is 11.0. The van der Waals surface area contributed by atoms with Crippen LogP contribution >= 0.6 is 15.9 Å². The van der Waals surface area contributed by atoms with Gasteiger partial charge >= 0.3 is 5.97 Å². The van der Waals surface area contributed by atoms with Crippen LogP contribution in [0.15, 0.2) is 40.9 Å². The van der Waals surface area contributed by atoms with Crippen LogP contribution in [0.4, 0.5) is 0 Å². The Morgan fingerprint density at radius 3 is 2.83 bits per heavy atom. The normalized spacial score (nSPS) is 31.3. The lowest BCUT2D eigenvalue weighted by Gasteiger charge is -2.15. The number of esters is 1. The lowest BCUT2D eigenvalue weighted by molar-refractivity contribution is -0.141. The molecule has 0 aromatic heterocycles. The van der Waals surface area contributed by atoms with E-state index in [9.17, 15) is 15.0 Å². The van der Waals surface area contributed by atoms with Crippen molar-refractivity contribution >= 4 is 21.9 Å². The lowest BCUT2D eigenvalue weighted by Crippen LogP contribution is -2.18. The zero-order chi connectivity index (χ0) is 16.4. The van der Waals surface area contributed by atoms with Crippen LogP contribution in [0.2, 0.25) is 0 Å². The van der Waals surface area contributed by atoms with Crippen molar-refractivity contribution < 1.29 is 19.7 Å². The third kappa shape index (κ3) is 4.03. The molecule has 0 radical (unpaired) electrons. The van der Waals surface area contributed by atoms with Crippen molar-refractivity contribution in [3.63, 3.8) is 0 Å². The molecule has 1 aliphatic heterocycles. The van der Waals surface area contributed by atoms with Gasteiger partial charge in [0, 0.05) is 22.7 Å². The van der Waals surface area contributed by atoms with Gasteiger partial charge in [-0.3, -0.25) is 4.79 Å². The number of hydrogen-bond donors (Lipinski definition) is 2. The summed E-state index contributed by atoms with van der Waals surface area (Å²) in [5.74, 6) is -0.234. The van der Waals surface area contributed by atoms with Gasteiger partial charge in [-0.2, -0.15) is 0 Å². The minimum atomic E-state index is -0.553. The van der Waals surface area contributed by atoms with E-state index in [0.717, 1.165) is 10.9 Å². The number of rotatable bonds is 5. The standard InChI is InChI=1S/C18H21BrO4/c19-12-4-1-11(2-5-12)3-6-13(20)7-8-14-15-9-18(22)23-17(15)10-16(14)21/h1-2,4-5,7-8,13-17,20-21H,3,6,9-10H2/b8-7+/t13-,14-,15-,16-,17+/m1/s1. The fourth-order valence-electron chi connectivity index (χ4n) is 3.50. The maximum absolute atomic E-state index is 11.3. The molecule has 1 aliphatic carbocycles. The van der Waals surface area contributed by atoms with Crippen molar-refractivity contribution in [2.24, 2.45) is 11.8 Å². The Balaban J connectivity index is 1.52. The third-order valence-electron chi connectivity index (χ3n) is 4.77. The number of fused-ring (bicyclic) bond motifs is 1. The molecule has 2 fully saturated rings.